The van der Waals surface area contributed by atoms with Gasteiger partial charge in [-0.15, -0.1) is 11.3 Å². The van der Waals surface area contributed by atoms with Gasteiger partial charge in [0.15, 0.2) is 11.5 Å². The summed E-state index contributed by atoms with van der Waals surface area (Å²) in [7, 11) is 0. The van der Waals surface area contributed by atoms with E-state index in [0.29, 0.717) is 0 Å². The molecule has 4 aromatic rings. The molecule has 29 heteroatoms. The predicted octanol–water partition coefficient (Wildman–Crippen LogP) is 0.141. The second-order valence-corrected chi connectivity index (χ2v) is 22.7. The van der Waals surface area contributed by atoms with Crippen molar-refractivity contribution in [3.05, 3.63) is 89.1 Å². The second kappa shape index (κ2) is 30.1. The van der Waals surface area contributed by atoms with E-state index in [9.17, 15) is 74.6 Å². The van der Waals surface area contributed by atoms with Gasteiger partial charge < -0.3 is 76.3 Å². The number of thiazole rings is 1. The standard InChI is InChI=1S/C56H69N9O18S2/c1-4-5-6-7-44-58-25-43(84-44)33-13-9-31(10-14-33)32-11-15-34(16-12-32)50(73)60-37-22-35(67)24-59-54(77)48-49(72)28(2)26-65(48)56(79)47(40(70)18-19-57)63-53(76)46(41(71)20-30-8-17-39(69)42(21-30)81-85-83-82-80)62-52(75)38-23-36(68)27-64(38)55(78)45(29(3)66)61-51(37)74/h8-17,21,25,28-29,35-38,40-41,45-49,66-72,80H,4-7,18,20,22-24,26-27H2,1-3H3,(H,59,77)(H,60,73)(H,61,74)(H,62,75)(H,63,76)/t28?,29?,35-,36?,37-,38?,40+,41+,45?,46?,47-,48?,49-/m0/s1. The fourth-order valence-electron chi connectivity index (χ4n) is 10.3. The molecule has 458 valence electrons. The van der Waals surface area contributed by atoms with Crippen LogP contribution < -0.4 is 30.8 Å². The number of aryl methyl sites for hydroxylation is 1. The summed E-state index contributed by atoms with van der Waals surface area (Å²) < 4.78 is 9.30. The number of aliphatic hydroxyl groups excluding tert-OH is 6. The molecule has 3 aliphatic heterocycles. The Labute approximate surface area is 496 Å². The van der Waals surface area contributed by atoms with E-state index in [1.54, 1.807) is 29.5 Å². The molecule has 3 fully saturated rings. The Morgan fingerprint density at radius 2 is 1.48 bits per heavy atom. The Balaban J connectivity index is 1.19. The van der Waals surface area contributed by atoms with Gasteiger partial charge in [-0.3, -0.25) is 33.6 Å². The largest absolute Gasteiger partial charge is 0.504 e. The van der Waals surface area contributed by atoms with E-state index in [0.717, 1.165) is 81.1 Å². The lowest BCUT2D eigenvalue weighted by Gasteiger charge is -2.33. The van der Waals surface area contributed by atoms with E-state index in [1.807, 2.05) is 30.5 Å². The van der Waals surface area contributed by atoms with Crippen molar-refractivity contribution in [2.24, 2.45) is 5.92 Å². The van der Waals surface area contributed by atoms with Crippen molar-refractivity contribution in [3.8, 4) is 39.1 Å². The van der Waals surface area contributed by atoms with Crippen molar-refractivity contribution in [3.63, 3.8) is 0 Å². The van der Waals surface area contributed by atoms with Gasteiger partial charge in [-0.1, -0.05) is 78.5 Å². The van der Waals surface area contributed by atoms with Gasteiger partial charge in [0.2, 0.25) is 35.4 Å². The molecule has 0 saturated carbocycles. The number of nitrogens with one attached hydrogen (secondary N) is 5. The minimum absolute atomic E-state index is 0.0612. The molecule has 4 heterocycles. The zero-order valence-electron chi connectivity index (χ0n) is 46.5. The molecular weight excluding hydrogens is 1150 g/mol. The fourth-order valence-corrected chi connectivity index (χ4v) is 11.5. The minimum Gasteiger partial charge on any atom is -0.504 e. The van der Waals surface area contributed by atoms with Crippen LogP contribution in [-0.4, -0.2) is 190 Å². The van der Waals surface area contributed by atoms with Crippen LogP contribution in [0.1, 0.15) is 80.2 Å². The lowest BCUT2D eigenvalue weighted by atomic mass is 9.98. The summed E-state index contributed by atoms with van der Waals surface area (Å²) in [5.74, 6) is -9.55. The molecule has 0 bridgehead atoms. The highest BCUT2D eigenvalue weighted by atomic mass is 32.2. The first-order valence-corrected chi connectivity index (χ1v) is 29.0. The summed E-state index contributed by atoms with van der Waals surface area (Å²) in [4.78, 5) is 108. The monoisotopic (exact) mass is 1220 g/mol. The van der Waals surface area contributed by atoms with Crippen molar-refractivity contribution >= 4 is 65.0 Å². The average Bonchev–Trinajstić information content (AvgIpc) is 2.14. The Kier molecular flexibility index (Phi) is 23.1. The van der Waals surface area contributed by atoms with Gasteiger partial charge in [0.05, 0.1) is 59.0 Å². The van der Waals surface area contributed by atoms with Gasteiger partial charge in [0, 0.05) is 56.6 Å². The molecule has 0 radical (unpaired) electrons. The first kappa shape index (κ1) is 65.2. The van der Waals surface area contributed by atoms with Crippen LogP contribution in [0.4, 0.5) is 0 Å². The maximum atomic E-state index is 14.6. The van der Waals surface area contributed by atoms with Crippen LogP contribution >= 0.6 is 23.7 Å². The number of aliphatic hydroxyl groups is 6. The number of amides is 7. The normalized spacial score (nSPS) is 25.7. The number of hydrogen-bond acceptors (Lipinski definition) is 22. The molecule has 27 nitrogen and oxygen atoms in total. The Morgan fingerprint density at radius 1 is 0.824 bits per heavy atom. The molecule has 13 N–H and O–H groups in total. The smallest absolute Gasteiger partial charge is 0.261 e. The number of unbranched alkanes of at least 4 members (excludes halogenated alkanes) is 2. The second-order valence-electron chi connectivity index (χ2n) is 21.2. The Hall–Kier alpha value is -7.34. The maximum absolute atomic E-state index is 14.6. The van der Waals surface area contributed by atoms with Crippen LogP contribution in [0.5, 0.6) is 11.5 Å². The van der Waals surface area contributed by atoms with Crippen molar-refractivity contribution in [2.75, 3.05) is 19.6 Å². The van der Waals surface area contributed by atoms with Crippen molar-refractivity contribution in [1.29, 1.82) is 5.26 Å². The zero-order valence-corrected chi connectivity index (χ0v) is 48.1. The van der Waals surface area contributed by atoms with Gasteiger partial charge >= 0.3 is 0 Å². The number of phenols is 1. The van der Waals surface area contributed by atoms with E-state index >= 15 is 0 Å². The van der Waals surface area contributed by atoms with Gasteiger partial charge in [0.25, 0.3) is 18.2 Å². The highest BCUT2D eigenvalue weighted by Crippen LogP contribution is 2.33. The van der Waals surface area contributed by atoms with Crippen LogP contribution in [0, 0.1) is 17.2 Å². The molecule has 3 aliphatic rings. The molecule has 0 spiro atoms. The molecule has 13 atom stereocenters. The maximum Gasteiger partial charge on any atom is 0.261 e. The van der Waals surface area contributed by atoms with E-state index in [2.05, 4.69) is 47.9 Å². The number of aromatic nitrogens is 1. The highest BCUT2D eigenvalue weighted by molar-refractivity contribution is 7.90. The number of carbonyl (C=O) groups is 7. The van der Waals surface area contributed by atoms with Crippen LogP contribution in [0.2, 0.25) is 0 Å². The van der Waals surface area contributed by atoms with E-state index in [-0.39, 0.29) is 35.7 Å². The Bertz CT molecular complexity index is 3040. The lowest BCUT2D eigenvalue weighted by Crippen LogP contribution is -2.64. The number of phenolic OH excluding ortho intramolecular Hbond substituents is 1. The molecule has 7 amide bonds. The lowest BCUT2D eigenvalue weighted by molar-refractivity contribution is -0.433. The van der Waals surface area contributed by atoms with Crippen LogP contribution in [0.3, 0.4) is 0 Å². The molecule has 85 heavy (non-hydrogen) atoms. The third-order valence-electron chi connectivity index (χ3n) is 14.9. The van der Waals surface area contributed by atoms with E-state index < -0.39 is 165 Å². The van der Waals surface area contributed by atoms with Gasteiger partial charge in [0.1, 0.15) is 36.3 Å². The quantitative estimate of drug-likeness (QED) is 0.0273. The van der Waals surface area contributed by atoms with Gasteiger partial charge in [-0.05, 0) is 66.3 Å². The van der Waals surface area contributed by atoms with E-state index in [4.69, 9.17) is 9.44 Å². The first-order chi connectivity index (χ1) is 40.6. The highest BCUT2D eigenvalue weighted by Gasteiger charge is 2.50. The number of nitrogens with zero attached hydrogens (tertiary/aromatic N) is 4. The zero-order chi connectivity index (χ0) is 61.6. The minimum atomic E-state index is -2.15. The number of nitriles is 1. The summed E-state index contributed by atoms with van der Waals surface area (Å²) in [6.07, 6.45) is -6.93. The average molecular weight is 1220 g/mol. The number of aromatic hydroxyl groups is 1. The summed E-state index contributed by atoms with van der Waals surface area (Å²) in [6, 6.07) is 8.05. The number of fused-ring (bicyclic) bond motifs is 2. The van der Waals surface area contributed by atoms with Crippen molar-refractivity contribution in [1.82, 2.24) is 41.4 Å². The first-order valence-electron chi connectivity index (χ1n) is 27.5. The fraction of sp³-hybridized carbons (Fsp3) is 0.482. The molecule has 7 unspecified atom stereocenters. The summed E-state index contributed by atoms with van der Waals surface area (Å²) in [5, 5.41) is 113. The molecule has 3 saturated heterocycles. The van der Waals surface area contributed by atoms with Crippen molar-refractivity contribution in [2.45, 2.75) is 145 Å². The van der Waals surface area contributed by atoms with Crippen LogP contribution in [0.25, 0.3) is 21.6 Å². The number of carbonyl (C=O) groups excluding carboxylic acids is 7. The van der Waals surface area contributed by atoms with Crippen molar-refractivity contribution < 1.29 is 88.1 Å². The number of hydrogen-bond donors (Lipinski definition) is 13. The molecule has 1 aromatic heterocycles. The third kappa shape index (κ3) is 16.6. The summed E-state index contributed by atoms with van der Waals surface area (Å²) in [5.41, 5.74) is 2.74. The molecule has 0 aliphatic carbocycles. The van der Waals surface area contributed by atoms with Gasteiger partial charge in [-0.2, -0.15) is 5.26 Å². The molecule has 7 rings (SSSR count). The molecule has 3 aromatic carbocycles. The topological polar surface area (TPSA) is 412 Å². The third-order valence-corrected chi connectivity index (χ3v) is 16.4. The van der Waals surface area contributed by atoms with Crippen LogP contribution in [-0.2, 0) is 51.0 Å². The number of rotatable bonds is 18. The predicted molar refractivity (Wildman–Crippen MR) is 302 cm³/mol. The Morgan fingerprint density at radius 3 is 2.15 bits per heavy atom. The SMILES string of the molecule is CCCCCc1ncc(-c2ccc(-c3ccc(C(=O)N[C@H]4C[C@H](O)CNC(=O)C5[C@@H](O)C(C)CN5C(=O)[C@H]([C@H](O)CC#N)NC(=O)C([C@H](O)Cc5ccc(O)c(OSOOO)c5)NC(=O)C5CC(O)CN5C(=O)C(C(C)O)NC4=O)cc3)cc2)s1. The van der Waals surface area contributed by atoms with Gasteiger partial charge in [-0.25, -0.2) is 10.2 Å². The van der Waals surface area contributed by atoms with E-state index in [1.165, 1.54) is 25.1 Å². The number of benzene rings is 3. The number of β-amino-alcohol motifs (C(OH)–C–C–N with tert-alkyl or cyclic N) is 1. The summed E-state index contributed by atoms with van der Waals surface area (Å²) in [6.45, 7) is 3.16. The summed E-state index contributed by atoms with van der Waals surface area (Å²) >= 11 is 1.71. The van der Waals surface area contributed by atoms with Crippen LogP contribution in [0.15, 0.2) is 72.9 Å². The molecular formula is C56H69N9O18S2.